The summed E-state index contributed by atoms with van der Waals surface area (Å²) in [5.74, 6) is -0.413. The first-order valence-electron chi connectivity index (χ1n) is 8.76. The van der Waals surface area contributed by atoms with Crippen molar-refractivity contribution in [3.8, 4) is 0 Å². The van der Waals surface area contributed by atoms with Crippen molar-refractivity contribution >= 4 is 21.6 Å². The second-order valence-electron chi connectivity index (χ2n) is 7.15. The molecule has 1 aromatic rings. The van der Waals surface area contributed by atoms with Crippen LogP contribution in [0.4, 0.5) is 5.69 Å². The van der Waals surface area contributed by atoms with Gasteiger partial charge in [0.2, 0.25) is 10.0 Å². The molecule has 1 aliphatic carbocycles. The van der Waals surface area contributed by atoms with Gasteiger partial charge in [0.15, 0.2) is 0 Å². The number of benzene rings is 1. The highest BCUT2D eigenvalue weighted by atomic mass is 32.2. The van der Waals surface area contributed by atoms with E-state index in [9.17, 15) is 18.3 Å². The van der Waals surface area contributed by atoms with Gasteiger partial charge in [0, 0.05) is 29.7 Å². The summed E-state index contributed by atoms with van der Waals surface area (Å²) in [6, 6.07) is 6.29. The molecule has 0 aliphatic heterocycles. The Morgan fingerprint density at radius 1 is 1.35 bits per heavy atom. The van der Waals surface area contributed by atoms with Gasteiger partial charge in [0.05, 0.1) is 24.0 Å². The number of ether oxygens (including phenoxy) is 1. The molecule has 0 aromatic heterocycles. The molecular formula is C18H28N2O5S. The van der Waals surface area contributed by atoms with Crippen LogP contribution < -0.4 is 10.0 Å². The van der Waals surface area contributed by atoms with E-state index >= 15 is 0 Å². The summed E-state index contributed by atoms with van der Waals surface area (Å²) in [7, 11) is -3.42. The zero-order valence-corrected chi connectivity index (χ0v) is 16.5. The Morgan fingerprint density at radius 3 is 2.58 bits per heavy atom. The van der Waals surface area contributed by atoms with Crippen LogP contribution in [0.15, 0.2) is 24.3 Å². The van der Waals surface area contributed by atoms with Crippen molar-refractivity contribution in [1.82, 2.24) is 5.32 Å². The molecule has 1 aromatic carbocycles. The smallest absolute Gasteiger partial charge is 0.251 e. The van der Waals surface area contributed by atoms with E-state index in [2.05, 4.69) is 10.0 Å². The summed E-state index contributed by atoms with van der Waals surface area (Å²) in [5, 5.41) is 12.9. The predicted molar refractivity (Wildman–Crippen MR) is 101 cm³/mol. The number of anilines is 1. The lowest BCUT2D eigenvalue weighted by Crippen LogP contribution is -2.74. The lowest BCUT2D eigenvalue weighted by atomic mass is 9.54. The fourth-order valence-electron chi connectivity index (χ4n) is 3.27. The normalized spacial score (nSPS) is 24.6. The molecule has 8 heteroatoms. The lowest BCUT2D eigenvalue weighted by Gasteiger charge is -2.60. The Labute approximate surface area is 155 Å². The number of carbonyl (C=O) groups is 1. The van der Waals surface area contributed by atoms with Crippen LogP contribution in [0.3, 0.4) is 0 Å². The third-order valence-corrected chi connectivity index (χ3v) is 6.65. The predicted octanol–water partition coefficient (Wildman–Crippen LogP) is 1.74. The van der Waals surface area contributed by atoms with Gasteiger partial charge in [-0.1, -0.05) is 19.9 Å². The topological polar surface area (TPSA) is 105 Å². The lowest BCUT2D eigenvalue weighted by molar-refractivity contribution is -0.172. The van der Waals surface area contributed by atoms with Crippen LogP contribution in [0.5, 0.6) is 0 Å². The van der Waals surface area contributed by atoms with Gasteiger partial charge >= 0.3 is 0 Å². The number of sulfonamides is 1. The van der Waals surface area contributed by atoms with Gasteiger partial charge in [-0.3, -0.25) is 9.52 Å². The van der Waals surface area contributed by atoms with Crippen molar-refractivity contribution in [3.63, 3.8) is 0 Å². The highest BCUT2D eigenvalue weighted by molar-refractivity contribution is 7.92. The van der Waals surface area contributed by atoms with Crippen LogP contribution in [-0.2, 0) is 14.8 Å². The SMILES string of the molecule is CCO[C@@H]1C[C@](CO)(NC(=O)c2cccc(NS(=O)(=O)CC)c2)C1(C)C. The first kappa shape index (κ1) is 20.7. The number of nitrogens with one attached hydrogen (secondary N) is 2. The van der Waals surface area contributed by atoms with E-state index in [0.717, 1.165) is 0 Å². The summed E-state index contributed by atoms with van der Waals surface area (Å²) in [5.41, 5.74) is -0.542. The number of carbonyl (C=O) groups excluding carboxylic acids is 1. The zero-order valence-electron chi connectivity index (χ0n) is 15.7. The standard InChI is InChI=1S/C18H28N2O5S/c1-5-25-15-11-18(12-21,17(15,3)4)19-16(22)13-8-7-9-14(10-13)20-26(23,24)6-2/h7-10,15,20-21H,5-6,11-12H2,1-4H3,(H,19,22)/t15-,18-/m1/s1. The molecule has 26 heavy (non-hydrogen) atoms. The molecule has 0 radical (unpaired) electrons. The van der Waals surface area contributed by atoms with Gasteiger partial charge in [0.1, 0.15) is 0 Å². The van der Waals surface area contributed by atoms with Gasteiger partial charge in [-0.25, -0.2) is 8.42 Å². The van der Waals surface area contributed by atoms with E-state index in [1.54, 1.807) is 18.2 Å². The van der Waals surface area contributed by atoms with Crippen molar-refractivity contribution in [2.45, 2.75) is 45.8 Å². The molecule has 2 atom stereocenters. The van der Waals surface area contributed by atoms with E-state index in [-0.39, 0.29) is 24.4 Å². The Balaban J connectivity index is 2.17. The summed E-state index contributed by atoms with van der Waals surface area (Å²) < 4.78 is 31.5. The minimum absolute atomic E-state index is 0.0392. The highest BCUT2D eigenvalue weighted by Crippen LogP contribution is 2.51. The Bertz CT molecular complexity index is 763. The van der Waals surface area contributed by atoms with Gasteiger partial charge in [-0.05, 0) is 32.0 Å². The van der Waals surface area contributed by atoms with Crippen LogP contribution in [0.1, 0.15) is 44.5 Å². The minimum atomic E-state index is -3.42. The van der Waals surface area contributed by atoms with E-state index in [4.69, 9.17) is 4.74 Å². The van der Waals surface area contributed by atoms with Crippen LogP contribution in [0, 0.1) is 5.41 Å². The third-order valence-electron chi connectivity index (χ3n) is 5.34. The molecule has 0 bridgehead atoms. The Kier molecular flexibility index (Phi) is 5.99. The molecule has 146 valence electrons. The molecule has 2 rings (SSSR count). The minimum Gasteiger partial charge on any atom is -0.394 e. The fraction of sp³-hybridized carbons (Fsp3) is 0.611. The average molecular weight is 384 g/mol. The molecule has 1 saturated carbocycles. The molecule has 3 N–H and O–H groups in total. The Morgan fingerprint density at radius 2 is 2.04 bits per heavy atom. The van der Waals surface area contributed by atoms with Gasteiger partial charge in [-0.2, -0.15) is 0 Å². The maximum absolute atomic E-state index is 12.7. The van der Waals surface area contributed by atoms with Gasteiger partial charge in [0.25, 0.3) is 5.91 Å². The molecule has 7 nitrogen and oxygen atoms in total. The molecule has 1 amide bonds. The average Bonchev–Trinajstić information content (AvgIpc) is 2.60. The van der Waals surface area contributed by atoms with Crippen LogP contribution in [-0.4, -0.2) is 50.0 Å². The fourth-order valence-corrected chi connectivity index (χ4v) is 3.90. The molecule has 1 aliphatic rings. The van der Waals surface area contributed by atoms with E-state index in [0.29, 0.717) is 24.3 Å². The summed E-state index contributed by atoms with van der Waals surface area (Å²) >= 11 is 0. The molecular weight excluding hydrogens is 356 g/mol. The second-order valence-corrected chi connectivity index (χ2v) is 9.16. The third kappa shape index (κ3) is 3.87. The highest BCUT2D eigenvalue weighted by Gasteiger charge is 2.61. The number of aliphatic hydroxyl groups is 1. The first-order chi connectivity index (χ1) is 12.1. The molecule has 0 heterocycles. The maximum atomic E-state index is 12.7. The molecule has 0 unspecified atom stereocenters. The van der Waals surface area contributed by atoms with Gasteiger partial charge in [-0.15, -0.1) is 0 Å². The van der Waals surface area contributed by atoms with Crippen molar-refractivity contribution in [2.24, 2.45) is 5.41 Å². The summed E-state index contributed by atoms with van der Waals surface area (Å²) in [4.78, 5) is 12.7. The summed E-state index contributed by atoms with van der Waals surface area (Å²) in [6.07, 6.45) is 0.487. The quantitative estimate of drug-likeness (QED) is 0.633. The largest absolute Gasteiger partial charge is 0.394 e. The van der Waals surface area contributed by atoms with Crippen molar-refractivity contribution < 1.29 is 23.1 Å². The van der Waals surface area contributed by atoms with Crippen LogP contribution in [0.25, 0.3) is 0 Å². The van der Waals surface area contributed by atoms with Crippen molar-refractivity contribution in [3.05, 3.63) is 29.8 Å². The number of aliphatic hydroxyl groups excluding tert-OH is 1. The van der Waals surface area contributed by atoms with Gasteiger partial charge < -0.3 is 15.2 Å². The number of hydrogen-bond acceptors (Lipinski definition) is 5. The van der Waals surface area contributed by atoms with Crippen LogP contribution in [0.2, 0.25) is 0 Å². The zero-order chi connectivity index (χ0) is 19.6. The summed E-state index contributed by atoms with van der Waals surface area (Å²) in [6.45, 7) is 7.74. The van der Waals surface area contributed by atoms with Crippen molar-refractivity contribution in [1.29, 1.82) is 0 Å². The van der Waals surface area contributed by atoms with Crippen molar-refractivity contribution in [2.75, 3.05) is 23.7 Å². The van der Waals surface area contributed by atoms with E-state index in [1.165, 1.54) is 13.0 Å². The molecule has 0 saturated heterocycles. The maximum Gasteiger partial charge on any atom is 0.251 e. The monoisotopic (exact) mass is 384 g/mol. The Hall–Kier alpha value is -1.64. The molecule has 0 spiro atoms. The number of amides is 1. The van der Waals surface area contributed by atoms with Crippen LogP contribution >= 0.6 is 0 Å². The number of hydrogen-bond donors (Lipinski definition) is 3. The molecule has 1 fully saturated rings. The van der Waals surface area contributed by atoms with E-state index < -0.39 is 21.0 Å². The number of rotatable bonds is 8. The van der Waals surface area contributed by atoms with E-state index in [1.807, 2.05) is 20.8 Å². The first-order valence-corrected chi connectivity index (χ1v) is 10.4. The second kappa shape index (κ2) is 7.54.